The Hall–Kier alpha value is -1.20. The van der Waals surface area contributed by atoms with Gasteiger partial charge in [-0.05, 0) is 12.0 Å². The molecular formula is C12H20N4O. The first kappa shape index (κ1) is 12.3. The second-order valence-electron chi connectivity index (χ2n) is 4.62. The number of aromatic nitrogens is 2. The molecule has 1 atom stereocenters. The zero-order valence-electron chi connectivity index (χ0n) is 10.3. The molecule has 0 radical (unpaired) electrons. The standard InChI is InChI=1S/C12H20N4O/c1-11(10-17)9-15-5-7-16(8-6-15)12-13-3-2-4-14-12/h2-4,11,17H,5-10H2,1H3. The molecule has 1 saturated heterocycles. The first-order valence-corrected chi connectivity index (χ1v) is 6.15. The Morgan fingerprint density at radius 2 is 1.88 bits per heavy atom. The molecule has 17 heavy (non-hydrogen) atoms. The third kappa shape index (κ3) is 3.38. The molecule has 0 aromatic carbocycles. The summed E-state index contributed by atoms with van der Waals surface area (Å²) in [5.74, 6) is 1.18. The van der Waals surface area contributed by atoms with E-state index in [-0.39, 0.29) is 6.61 Å². The Balaban J connectivity index is 1.82. The molecule has 2 heterocycles. The van der Waals surface area contributed by atoms with Gasteiger partial charge in [0.05, 0.1) is 0 Å². The van der Waals surface area contributed by atoms with Crippen molar-refractivity contribution in [1.29, 1.82) is 0 Å². The summed E-state index contributed by atoms with van der Waals surface area (Å²) in [6, 6.07) is 1.84. The van der Waals surface area contributed by atoms with Crippen molar-refractivity contribution in [1.82, 2.24) is 14.9 Å². The molecule has 1 aliphatic rings. The van der Waals surface area contributed by atoms with E-state index in [9.17, 15) is 0 Å². The van der Waals surface area contributed by atoms with Crippen LogP contribution in [0.5, 0.6) is 0 Å². The Kier molecular flexibility index (Phi) is 4.28. The van der Waals surface area contributed by atoms with Crippen LogP contribution in [0.15, 0.2) is 18.5 Å². The van der Waals surface area contributed by atoms with Gasteiger partial charge in [-0.25, -0.2) is 9.97 Å². The molecule has 0 spiro atoms. The highest BCUT2D eigenvalue weighted by Crippen LogP contribution is 2.10. The lowest BCUT2D eigenvalue weighted by Crippen LogP contribution is -2.48. The van der Waals surface area contributed by atoms with Crippen molar-refractivity contribution >= 4 is 5.95 Å². The second-order valence-corrected chi connectivity index (χ2v) is 4.62. The van der Waals surface area contributed by atoms with Crippen molar-refractivity contribution in [3.63, 3.8) is 0 Å². The lowest BCUT2D eigenvalue weighted by molar-refractivity contribution is 0.167. The van der Waals surface area contributed by atoms with E-state index in [1.165, 1.54) is 0 Å². The summed E-state index contributed by atoms with van der Waals surface area (Å²) in [5.41, 5.74) is 0. The maximum absolute atomic E-state index is 9.04. The van der Waals surface area contributed by atoms with Gasteiger partial charge in [-0.2, -0.15) is 0 Å². The van der Waals surface area contributed by atoms with Crippen molar-refractivity contribution in [3.8, 4) is 0 Å². The molecule has 0 aliphatic carbocycles. The summed E-state index contributed by atoms with van der Waals surface area (Å²) in [6.07, 6.45) is 3.56. The summed E-state index contributed by atoms with van der Waals surface area (Å²) in [6.45, 7) is 7.27. The minimum absolute atomic E-state index is 0.266. The highest BCUT2D eigenvalue weighted by molar-refractivity contribution is 5.29. The molecule has 1 fully saturated rings. The minimum atomic E-state index is 0.266. The van der Waals surface area contributed by atoms with Crippen LogP contribution in [0.1, 0.15) is 6.92 Å². The third-order valence-corrected chi connectivity index (χ3v) is 3.09. The lowest BCUT2D eigenvalue weighted by Gasteiger charge is -2.35. The van der Waals surface area contributed by atoms with Crippen molar-refractivity contribution in [2.45, 2.75) is 6.92 Å². The van der Waals surface area contributed by atoms with Crippen molar-refractivity contribution < 1.29 is 5.11 Å². The predicted molar refractivity (Wildman–Crippen MR) is 66.9 cm³/mol. The average molecular weight is 236 g/mol. The van der Waals surface area contributed by atoms with Gasteiger partial charge in [0.15, 0.2) is 0 Å². The zero-order chi connectivity index (χ0) is 12.1. The van der Waals surface area contributed by atoms with Gasteiger partial charge in [0.25, 0.3) is 0 Å². The number of hydrogen-bond acceptors (Lipinski definition) is 5. The Labute approximate surface area is 102 Å². The quantitative estimate of drug-likeness (QED) is 0.811. The maximum atomic E-state index is 9.04. The molecule has 5 heteroatoms. The van der Waals surface area contributed by atoms with E-state index in [0.717, 1.165) is 38.7 Å². The molecule has 1 aromatic rings. The first-order chi connectivity index (χ1) is 8.29. The molecule has 0 bridgehead atoms. The van der Waals surface area contributed by atoms with E-state index in [0.29, 0.717) is 5.92 Å². The average Bonchev–Trinajstić information content (AvgIpc) is 2.40. The SMILES string of the molecule is CC(CO)CN1CCN(c2ncccn2)CC1. The van der Waals surface area contributed by atoms with Crippen LogP contribution in [0.4, 0.5) is 5.95 Å². The molecule has 1 aromatic heterocycles. The van der Waals surface area contributed by atoms with E-state index in [4.69, 9.17) is 5.11 Å². The molecule has 1 unspecified atom stereocenters. The third-order valence-electron chi connectivity index (χ3n) is 3.09. The fourth-order valence-corrected chi connectivity index (χ4v) is 2.08. The van der Waals surface area contributed by atoms with Crippen LogP contribution in [0, 0.1) is 5.92 Å². The predicted octanol–water partition coefficient (Wildman–Crippen LogP) is 0.227. The molecule has 1 N–H and O–H groups in total. The molecule has 5 nitrogen and oxygen atoms in total. The highest BCUT2D eigenvalue weighted by Gasteiger charge is 2.19. The lowest BCUT2D eigenvalue weighted by atomic mass is 10.1. The van der Waals surface area contributed by atoms with Gasteiger partial charge in [0.2, 0.25) is 5.95 Å². The van der Waals surface area contributed by atoms with Crippen molar-refractivity contribution in [2.24, 2.45) is 5.92 Å². The molecular weight excluding hydrogens is 216 g/mol. The molecule has 0 saturated carbocycles. The van der Waals surface area contributed by atoms with Crippen LogP contribution < -0.4 is 4.90 Å². The normalized spacial score (nSPS) is 19.3. The van der Waals surface area contributed by atoms with Crippen LogP contribution in [-0.4, -0.2) is 59.3 Å². The van der Waals surface area contributed by atoms with E-state index < -0.39 is 0 Å². The largest absolute Gasteiger partial charge is 0.396 e. The fraction of sp³-hybridized carbons (Fsp3) is 0.667. The zero-order valence-corrected chi connectivity index (χ0v) is 10.3. The van der Waals surface area contributed by atoms with Crippen LogP contribution in [-0.2, 0) is 0 Å². The topological polar surface area (TPSA) is 52.5 Å². The number of hydrogen-bond donors (Lipinski definition) is 1. The van der Waals surface area contributed by atoms with E-state index in [2.05, 4.69) is 26.7 Å². The molecule has 94 valence electrons. The summed E-state index contributed by atoms with van der Waals surface area (Å²) < 4.78 is 0. The van der Waals surface area contributed by atoms with Gasteiger partial charge in [0, 0.05) is 51.7 Å². The van der Waals surface area contributed by atoms with Crippen molar-refractivity contribution in [3.05, 3.63) is 18.5 Å². The van der Waals surface area contributed by atoms with E-state index >= 15 is 0 Å². The van der Waals surface area contributed by atoms with Crippen LogP contribution in [0.25, 0.3) is 0 Å². The van der Waals surface area contributed by atoms with Gasteiger partial charge in [-0.15, -0.1) is 0 Å². The Morgan fingerprint density at radius 3 is 2.47 bits per heavy atom. The number of piperazine rings is 1. The molecule has 0 amide bonds. The van der Waals surface area contributed by atoms with Crippen LogP contribution in [0.2, 0.25) is 0 Å². The fourth-order valence-electron chi connectivity index (χ4n) is 2.08. The van der Waals surface area contributed by atoms with Gasteiger partial charge < -0.3 is 10.0 Å². The number of rotatable bonds is 4. The molecule has 2 rings (SSSR count). The van der Waals surface area contributed by atoms with E-state index in [1.807, 2.05) is 6.07 Å². The molecule has 1 aliphatic heterocycles. The van der Waals surface area contributed by atoms with Crippen molar-refractivity contribution in [2.75, 3.05) is 44.2 Å². The van der Waals surface area contributed by atoms with Crippen LogP contribution in [0.3, 0.4) is 0 Å². The Morgan fingerprint density at radius 1 is 1.24 bits per heavy atom. The number of nitrogens with zero attached hydrogens (tertiary/aromatic N) is 4. The minimum Gasteiger partial charge on any atom is -0.396 e. The summed E-state index contributed by atoms with van der Waals surface area (Å²) in [7, 11) is 0. The number of aliphatic hydroxyl groups is 1. The number of anilines is 1. The second kappa shape index (κ2) is 5.93. The Bertz CT molecular complexity index is 325. The van der Waals surface area contributed by atoms with Gasteiger partial charge in [-0.1, -0.05) is 6.92 Å². The van der Waals surface area contributed by atoms with Crippen LogP contribution >= 0.6 is 0 Å². The van der Waals surface area contributed by atoms with E-state index in [1.54, 1.807) is 12.4 Å². The number of aliphatic hydroxyl groups excluding tert-OH is 1. The van der Waals surface area contributed by atoms with Gasteiger partial charge in [-0.3, -0.25) is 4.90 Å². The monoisotopic (exact) mass is 236 g/mol. The smallest absolute Gasteiger partial charge is 0.225 e. The summed E-state index contributed by atoms with van der Waals surface area (Å²) in [4.78, 5) is 13.1. The summed E-state index contributed by atoms with van der Waals surface area (Å²) in [5, 5.41) is 9.04. The summed E-state index contributed by atoms with van der Waals surface area (Å²) >= 11 is 0. The van der Waals surface area contributed by atoms with Gasteiger partial charge in [0.1, 0.15) is 0 Å². The first-order valence-electron chi connectivity index (χ1n) is 6.15. The highest BCUT2D eigenvalue weighted by atomic mass is 16.3. The maximum Gasteiger partial charge on any atom is 0.225 e. The van der Waals surface area contributed by atoms with Gasteiger partial charge >= 0.3 is 0 Å².